The lowest BCUT2D eigenvalue weighted by Crippen LogP contribution is -2.14. The van der Waals surface area contributed by atoms with Gasteiger partial charge in [0.25, 0.3) is 0 Å². The van der Waals surface area contributed by atoms with Crippen LogP contribution in [0.4, 0.5) is 0 Å². The van der Waals surface area contributed by atoms with E-state index in [1.54, 1.807) is 0 Å². The minimum atomic E-state index is -0.161. The molecule has 0 saturated carbocycles. The first-order valence-electron chi connectivity index (χ1n) is 19.3. The average molecular weight is 716 g/mol. The molecule has 0 unspecified atom stereocenters. The molecule has 264 valence electrons. The molecule has 2 aromatic heterocycles. The summed E-state index contributed by atoms with van der Waals surface area (Å²) in [4.78, 5) is 10.8. The first-order valence-corrected chi connectivity index (χ1v) is 19.3. The van der Waals surface area contributed by atoms with Gasteiger partial charge in [-0.15, -0.1) is 0 Å². The van der Waals surface area contributed by atoms with Crippen LogP contribution in [0.1, 0.15) is 25.0 Å². The van der Waals surface area contributed by atoms with Gasteiger partial charge in [-0.25, -0.2) is 9.97 Å². The van der Waals surface area contributed by atoms with Crippen molar-refractivity contribution in [2.45, 2.75) is 19.3 Å². The van der Waals surface area contributed by atoms with E-state index in [1.807, 2.05) is 6.07 Å². The van der Waals surface area contributed by atoms with Crippen molar-refractivity contribution < 1.29 is 0 Å². The van der Waals surface area contributed by atoms with Gasteiger partial charge in [-0.2, -0.15) is 0 Å². The molecule has 3 nitrogen and oxygen atoms in total. The Morgan fingerprint density at radius 2 is 1.02 bits per heavy atom. The van der Waals surface area contributed by atoms with E-state index in [-0.39, 0.29) is 5.41 Å². The lowest BCUT2D eigenvalue weighted by molar-refractivity contribution is 0.661. The number of hydrogen-bond donors (Lipinski definition) is 0. The molecule has 3 heteroatoms. The topological polar surface area (TPSA) is 30.7 Å². The van der Waals surface area contributed by atoms with Gasteiger partial charge in [-0.05, 0) is 75.0 Å². The Morgan fingerprint density at radius 1 is 0.429 bits per heavy atom. The summed E-state index contributed by atoms with van der Waals surface area (Å²) in [6.07, 6.45) is 0. The van der Waals surface area contributed by atoms with Crippen LogP contribution in [0.3, 0.4) is 0 Å². The standard InChI is InChI=1S/C53H37N3/c1-53(2)45-29-16-28-43(50(45)44-31-35-19-9-10-20-36(35)32-46(44)53)48-33-47(54-52(55-48)34-17-5-3-6-18-34)39-24-12-11-23-38(39)41-26-15-27-42-40-25-13-14-30-49(40)56(51(41)42)37-21-7-4-8-22-37/h3-33H,1-2H3. The molecule has 0 aliphatic heterocycles. The summed E-state index contributed by atoms with van der Waals surface area (Å²) in [6.45, 7) is 4.70. The summed E-state index contributed by atoms with van der Waals surface area (Å²) < 4.78 is 2.41. The molecule has 0 fully saturated rings. The van der Waals surface area contributed by atoms with E-state index in [9.17, 15) is 0 Å². The van der Waals surface area contributed by atoms with E-state index >= 15 is 0 Å². The van der Waals surface area contributed by atoms with Crippen LogP contribution in [0.2, 0.25) is 0 Å². The molecule has 0 spiro atoms. The maximum absolute atomic E-state index is 5.38. The molecule has 0 N–H and O–H groups in total. The van der Waals surface area contributed by atoms with Crippen LogP contribution in [0.25, 0.3) is 94.4 Å². The quantitative estimate of drug-likeness (QED) is 0.178. The predicted octanol–water partition coefficient (Wildman–Crippen LogP) is 13.7. The maximum Gasteiger partial charge on any atom is 0.160 e. The Balaban J connectivity index is 1.18. The molecule has 11 rings (SSSR count). The Labute approximate surface area is 326 Å². The molecule has 0 atom stereocenters. The summed E-state index contributed by atoms with van der Waals surface area (Å²) in [5, 5.41) is 4.96. The Hall–Kier alpha value is -7.10. The van der Waals surface area contributed by atoms with Crippen molar-refractivity contribution in [3.8, 4) is 61.8 Å². The van der Waals surface area contributed by atoms with E-state index in [0.717, 1.165) is 44.9 Å². The fraction of sp³-hybridized carbons (Fsp3) is 0.0566. The molecular formula is C53H37N3. The fourth-order valence-electron chi connectivity index (χ4n) is 9.15. The molecule has 0 amide bonds. The summed E-state index contributed by atoms with van der Waals surface area (Å²) in [5.74, 6) is 0.707. The first-order chi connectivity index (χ1) is 27.5. The third-order valence-electron chi connectivity index (χ3n) is 11.8. The molecule has 0 radical (unpaired) electrons. The number of nitrogens with zero attached hydrogens (tertiary/aromatic N) is 3. The van der Waals surface area contributed by atoms with Crippen molar-refractivity contribution >= 4 is 32.6 Å². The van der Waals surface area contributed by atoms with Crippen LogP contribution in [0.5, 0.6) is 0 Å². The molecular weight excluding hydrogens is 679 g/mol. The van der Waals surface area contributed by atoms with Gasteiger partial charge in [0.2, 0.25) is 0 Å². The second-order valence-electron chi connectivity index (χ2n) is 15.4. The van der Waals surface area contributed by atoms with E-state index in [4.69, 9.17) is 9.97 Å². The number of hydrogen-bond acceptors (Lipinski definition) is 2. The molecule has 10 aromatic rings. The van der Waals surface area contributed by atoms with Crippen molar-refractivity contribution in [1.82, 2.24) is 14.5 Å². The van der Waals surface area contributed by atoms with Gasteiger partial charge in [-0.3, -0.25) is 0 Å². The predicted molar refractivity (Wildman–Crippen MR) is 233 cm³/mol. The van der Waals surface area contributed by atoms with Crippen LogP contribution in [-0.4, -0.2) is 14.5 Å². The van der Waals surface area contributed by atoms with Crippen LogP contribution in [0.15, 0.2) is 188 Å². The summed E-state index contributed by atoms with van der Waals surface area (Å²) in [5.41, 5.74) is 15.8. The number of aromatic nitrogens is 3. The largest absolute Gasteiger partial charge is 0.309 e. The van der Waals surface area contributed by atoms with E-state index < -0.39 is 0 Å². The van der Waals surface area contributed by atoms with Gasteiger partial charge in [0.15, 0.2) is 5.82 Å². The Bertz CT molecular complexity index is 3150. The summed E-state index contributed by atoms with van der Waals surface area (Å²) >= 11 is 0. The van der Waals surface area contributed by atoms with Gasteiger partial charge in [0.05, 0.1) is 22.4 Å². The molecule has 0 bridgehead atoms. The minimum absolute atomic E-state index is 0.161. The smallest absolute Gasteiger partial charge is 0.160 e. The molecule has 1 aliphatic carbocycles. The molecule has 0 saturated heterocycles. The number of rotatable bonds is 5. The van der Waals surface area contributed by atoms with E-state index in [0.29, 0.717) is 5.82 Å². The molecule has 56 heavy (non-hydrogen) atoms. The van der Waals surface area contributed by atoms with Gasteiger partial charge in [0, 0.05) is 44.1 Å². The fourth-order valence-corrected chi connectivity index (χ4v) is 9.15. The Morgan fingerprint density at radius 3 is 1.82 bits per heavy atom. The average Bonchev–Trinajstić information content (AvgIpc) is 3.71. The third-order valence-corrected chi connectivity index (χ3v) is 11.8. The van der Waals surface area contributed by atoms with Crippen molar-refractivity contribution in [3.05, 3.63) is 199 Å². The van der Waals surface area contributed by atoms with E-state index in [1.165, 1.54) is 54.8 Å². The monoisotopic (exact) mass is 715 g/mol. The lowest BCUT2D eigenvalue weighted by Gasteiger charge is -2.22. The van der Waals surface area contributed by atoms with E-state index in [2.05, 4.69) is 200 Å². The summed E-state index contributed by atoms with van der Waals surface area (Å²) in [7, 11) is 0. The SMILES string of the molecule is CC1(C)c2cc3ccccc3cc2-c2c(-c3cc(-c4ccccc4-c4cccc5c6ccccc6n(-c6ccccc6)c45)nc(-c4ccccc4)n3)cccc21. The van der Waals surface area contributed by atoms with Crippen molar-refractivity contribution in [1.29, 1.82) is 0 Å². The van der Waals surface area contributed by atoms with Crippen molar-refractivity contribution in [3.63, 3.8) is 0 Å². The Kier molecular flexibility index (Phi) is 7.20. The highest BCUT2D eigenvalue weighted by Gasteiger charge is 2.37. The van der Waals surface area contributed by atoms with Gasteiger partial charge >= 0.3 is 0 Å². The second kappa shape index (κ2) is 12.5. The maximum atomic E-state index is 5.38. The molecule has 1 aliphatic rings. The number of fused-ring (bicyclic) bond motifs is 7. The first kappa shape index (κ1) is 32.3. The van der Waals surface area contributed by atoms with Crippen LogP contribution in [0, 0.1) is 0 Å². The van der Waals surface area contributed by atoms with Crippen LogP contribution < -0.4 is 0 Å². The third kappa shape index (κ3) is 4.91. The number of benzene rings is 8. The normalized spacial score (nSPS) is 13.0. The lowest BCUT2D eigenvalue weighted by atomic mass is 9.81. The van der Waals surface area contributed by atoms with Gasteiger partial charge in [-0.1, -0.05) is 166 Å². The van der Waals surface area contributed by atoms with Gasteiger partial charge in [0.1, 0.15) is 0 Å². The van der Waals surface area contributed by atoms with Gasteiger partial charge < -0.3 is 4.57 Å². The van der Waals surface area contributed by atoms with Crippen molar-refractivity contribution in [2.24, 2.45) is 0 Å². The number of para-hydroxylation sites is 3. The van der Waals surface area contributed by atoms with Crippen LogP contribution in [-0.2, 0) is 5.41 Å². The highest BCUT2D eigenvalue weighted by molar-refractivity contribution is 6.14. The highest BCUT2D eigenvalue weighted by Crippen LogP contribution is 2.53. The zero-order valence-corrected chi connectivity index (χ0v) is 31.2. The molecule has 2 heterocycles. The minimum Gasteiger partial charge on any atom is -0.309 e. The molecule has 8 aromatic carbocycles. The van der Waals surface area contributed by atoms with Crippen molar-refractivity contribution in [2.75, 3.05) is 0 Å². The zero-order chi connectivity index (χ0) is 37.4. The highest BCUT2D eigenvalue weighted by atomic mass is 15.0. The van der Waals surface area contributed by atoms with Crippen LogP contribution >= 0.6 is 0 Å². The zero-order valence-electron chi connectivity index (χ0n) is 31.2. The summed E-state index contributed by atoms with van der Waals surface area (Å²) in [6, 6.07) is 67.6. The second-order valence-corrected chi connectivity index (χ2v) is 15.4.